The summed E-state index contributed by atoms with van der Waals surface area (Å²) in [5, 5.41) is 14.1. The summed E-state index contributed by atoms with van der Waals surface area (Å²) >= 11 is 0. The maximum Gasteiger partial charge on any atom is 0.271 e. The molecule has 1 amide bonds. The molecule has 1 heterocycles. The van der Waals surface area contributed by atoms with Crippen LogP contribution in [0, 0.1) is 6.92 Å². The highest BCUT2D eigenvalue weighted by Gasteiger charge is 2.07. The van der Waals surface area contributed by atoms with Gasteiger partial charge in [0, 0.05) is 12.2 Å². The third-order valence-corrected chi connectivity index (χ3v) is 3.96. The predicted octanol–water partition coefficient (Wildman–Crippen LogP) is 3.89. The third kappa shape index (κ3) is 5.14. The van der Waals surface area contributed by atoms with Crippen molar-refractivity contribution in [1.29, 1.82) is 0 Å². The number of carbonyl (C=O) groups excluding carboxylic acids is 1. The second-order valence-electron chi connectivity index (χ2n) is 6.14. The average molecular weight is 346 g/mol. The second kappa shape index (κ2) is 8.76. The summed E-state index contributed by atoms with van der Waals surface area (Å²) in [6.45, 7) is 2.64. The number of aromatic nitrogens is 2. The molecule has 5 nitrogen and oxygen atoms in total. The SMILES string of the molecule is Cc1cccc(Nc2ccc(C(=O)NCCCc3ccccc3)nn2)c1. The molecule has 2 N–H and O–H groups in total. The Kier molecular flexibility index (Phi) is 5.93. The topological polar surface area (TPSA) is 66.9 Å². The predicted molar refractivity (Wildman–Crippen MR) is 104 cm³/mol. The highest BCUT2D eigenvalue weighted by atomic mass is 16.1. The molecular weight excluding hydrogens is 324 g/mol. The standard InChI is InChI=1S/C21H22N4O/c1-16-7-5-11-18(15-16)23-20-13-12-19(24-25-20)21(26)22-14-6-10-17-8-3-2-4-9-17/h2-5,7-9,11-13,15H,6,10,14H2,1H3,(H,22,26)(H,23,25). The minimum absolute atomic E-state index is 0.201. The number of nitrogens with one attached hydrogen (secondary N) is 2. The van der Waals surface area contributed by atoms with Gasteiger partial charge in [-0.25, -0.2) is 0 Å². The Morgan fingerprint density at radius 3 is 2.54 bits per heavy atom. The third-order valence-electron chi connectivity index (χ3n) is 3.96. The lowest BCUT2D eigenvalue weighted by molar-refractivity contribution is 0.0947. The zero-order valence-electron chi connectivity index (χ0n) is 14.8. The van der Waals surface area contributed by atoms with Gasteiger partial charge in [0.2, 0.25) is 0 Å². The van der Waals surface area contributed by atoms with Crippen LogP contribution in [0.15, 0.2) is 66.7 Å². The Bertz CT molecular complexity index is 847. The minimum Gasteiger partial charge on any atom is -0.351 e. The van der Waals surface area contributed by atoms with Crippen LogP contribution in [0.5, 0.6) is 0 Å². The van der Waals surface area contributed by atoms with Crippen molar-refractivity contribution >= 4 is 17.4 Å². The molecule has 0 bridgehead atoms. The number of rotatable bonds is 7. The molecule has 5 heteroatoms. The van der Waals surface area contributed by atoms with Crippen LogP contribution < -0.4 is 10.6 Å². The first-order chi connectivity index (χ1) is 12.7. The van der Waals surface area contributed by atoms with Crippen LogP contribution in [0.2, 0.25) is 0 Å². The molecule has 26 heavy (non-hydrogen) atoms. The lowest BCUT2D eigenvalue weighted by Crippen LogP contribution is -2.26. The Hall–Kier alpha value is -3.21. The van der Waals surface area contributed by atoms with Crippen LogP contribution in [-0.4, -0.2) is 22.6 Å². The summed E-state index contributed by atoms with van der Waals surface area (Å²) in [6.07, 6.45) is 1.82. The van der Waals surface area contributed by atoms with E-state index in [9.17, 15) is 4.79 Å². The van der Waals surface area contributed by atoms with E-state index in [0.717, 1.165) is 24.1 Å². The molecule has 0 aliphatic rings. The first kappa shape index (κ1) is 17.6. The molecule has 3 rings (SSSR count). The van der Waals surface area contributed by atoms with Gasteiger partial charge in [-0.2, -0.15) is 0 Å². The summed E-state index contributed by atoms with van der Waals surface area (Å²) in [5.41, 5.74) is 3.69. The quantitative estimate of drug-likeness (QED) is 0.637. The van der Waals surface area contributed by atoms with E-state index in [1.807, 2.05) is 49.4 Å². The number of amides is 1. The molecule has 0 unspecified atom stereocenters. The fraction of sp³-hybridized carbons (Fsp3) is 0.190. The van der Waals surface area contributed by atoms with Crippen molar-refractivity contribution in [2.75, 3.05) is 11.9 Å². The van der Waals surface area contributed by atoms with E-state index in [-0.39, 0.29) is 5.91 Å². The summed E-state index contributed by atoms with van der Waals surface area (Å²) in [5.74, 6) is 0.406. The molecule has 0 spiro atoms. The molecule has 1 aromatic heterocycles. The molecule has 0 saturated heterocycles. The highest BCUT2D eigenvalue weighted by Crippen LogP contribution is 2.15. The van der Waals surface area contributed by atoms with Crippen LogP contribution in [0.3, 0.4) is 0 Å². The lowest BCUT2D eigenvalue weighted by Gasteiger charge is -2.07. The van der Waals surface area contributed by atoms with E-state index in [1.54, 1.807) is 12.1 Å². The van der Waals surface area contributed by atoms with Gasteiger partial charge >= 0.3 is 0 Å². The number of carbonyl (C=O) groups is 1. The Morgan fingerprint density at radius 1 is 0.962 bits per heavy atom. The Labute approximate surface area is 153 Å². The molecule has 0 atom stereocenters. The number of benzene rings is 2. The molecule has 0 fully saturated rings. The normalized spacial score (nSPS) is 10.3. The first-order valence-corrected chi connectivity index (χ1v) is 8.70. The van der Waals surface area contributed by atoms with Gasteiger partial charge in [-0.1, -0.05) is 42.5 Å². The van der Waals surface area contributed by atoms with Crippen molar-refractivity contribution in [3.8, 4) is 0 Å². The van der Waals surface area contributed by atoms with Gasteiger partial charge in [0.05, 0.1) is 0 Å². The molecule has 2 aromatic carbocycles. The Morgan fingerprint density at radius 2 is 1.81 bits per heavy atom. The van der Waals surface area contributed by atoms with Gasteiger partial charge in [-0.15, -0.1) is 10.2 Å². The van der Waals surface area contributed by atoms with Crippen LogP contribution in [0.25, 0.3) is 0 Å². The number of nitrogens with zero attached hydrogens (tertiary/aromatic N) is 2. The number of aryl methyl sites for hydroxylation is 2. The Balaban J connectivity index is 1.47. The maximum atomic E-state index is 12.1. The van der Waals surface area contributed by atoms with Crippen molar-refractivity contribution in [1.82, 2.24) is 15.5 Å². The lowest BCUT2D eigenvalue weighted by atomic mass is 10.1. The van der Waals surface area contributed by atoms with Crippen molar-refractivity contribution in [3.05, 3.63) is 83.6 Å². The molecule has 132 valence electrons. The van der Waals surface area contributed by atoms with Gasteiger partial charge in [0.15, 0.2) is 11.5 Å². The van der Waals surface area contributed by atoms with Crippen molar-refractivity contribution in [2.24, 2.45) is 0 Å². The number of hydrogen-bond donors (Lipinski definition) is 2. The van der Waals surface area contributed by atoms with Crippen LogP contribution >= 0.6 is 0 Å². The average Bonchev–Trinajstić information content (AvgIpc) is 2.66. The highest BCUT2D eigenvalue weighted by molar-refractivity contribution is 5.92. The van der Waals surface area contributed by atoms with E-state index in [0.29, 0.717) is 18.1 Å². The van der Waals surface area contributed by atoms with Crippen LogP contribution in [-0.2, 0) is 6.42 Å². The van der Waals surface area contributed by atoms with Gasteiger partial charge in [0.1, 0.15) is 0 Å². The largest absolute Gasteiger partial charge is 0.351 e. The number of hydrogen-bond acceptors (Lipinski definition) is 4. The first-order valence-electron chi connectivity index (χ1n) is 8.70. The molecule has 0 aliphatic heterocycles. The molecule has 3 aromatic rings. The zero-order chi connectivity index (χ0) is 18.2. The monoisotopic (exact) mass is 346 g/mol. The van der Waals surface area contributed by atoms with E-state index in [4.69, 9.17) is 0 Å². The van der Waals surface area contributed by atoms with Crippen LogP contribution in [0.1, 0.15) is 28.0 Å². The smallest absolute Gasteiger partial charge is 0.271 e. The van der Waals surface area contributed by atoms with Gasteiger partial charge in [-0.05, 0) is 55.2 Å². The van der Waals surface area contributed by atoms with E-state index in [2.05, 4.69) is 33.0 Å². The maximum absolute atomic E-state index is 12.1. The van der Waals surface area contributed by atoms with E-state index in [1.165, 1.54) is 5.56 Å². The van der Waals surface area contributed by atoms with Crippen molar-refractivity contribution in [2.45, 2.75) is 19.8 Å². The number of anilines is 2. The van der Waals surface area contributed by atoms with Crippen molar-refractivity contribution in [3.63, 3.8) is 0 Å². The van der Waals surface area contributed by atoms with E-state index < -0.39 is 0 Å². The fourth-order valence-electron chi connectivity index (χ4n) is 2.62. The van der Waals surface area contributed by atoms with Crippen molar-refractivity contribution < 1.29 is 4.79 Å². The molecule has 0 aliphatic carbocycles. The zero-order valence-corrected chi connectivity index (χ0v) is 14.8. The second-order valence-corrected chi connectivity index (χ2v) is 6.14. The van der Waals surface area contributed by atoms with Crippen LogP contribution in [0.4, 0.5) is 11.5 Å². The summed E-state index contributed by atoms with van der Waals surface area (Å²) < 4.78 is 0. The summed E-state index contributed by atoms with van der Waals surface area (Å²) in [4.78, 5) is 12.1. The molecule has 0 saturated carbocycles. The molecule has 0 radical (unpaired) electrons. The summed E-state index contributed by atoms with van der Waals surface area (Å²) in [7, 11) is 0. The van der Waals surface area contributed by atoms with Gasteiger partial charge < -0.3 is 10.6 Å². The van der Waals surface area contributed by atoms with E-state index >= 15 is 0 Å². The summed E-state index contributed by atoms with van der Waals surface area (Å²) in [6, 6.07) is 21.7. The minimum atomic E-state index is -0.201. The molecular formula is C21H22N4O. The fourth-order valence-corrected chi connectivity index (χ4v) is 2.62. The van der Waals surface area contributed by atoms with Gasteiger partial charge in [0.25, 0.3) is 5.91 Å². The van der Waals surface area contributed by atoms with Gasteiger partial charge in [-0.3, -0.25) is 4.79 Å².